The third-order valence-electron chi connectivity index (χ3n) is 1.91. The molecular weight excluding hydrogens is 224 g/mol. The molecule has 0 saturated carbocycles. The van der Waals surface area contributed by atoms with Gasteiger partial charge in [0.2, 0.25) is 0 Å². The second kappa shape index (κ2) is 3.90. The number of halogens is 1. The molecule has 0 aliphatic rings. The van der Waals surface area contributed by atoms with E-state index >= 15 is 0 Å². The second-order valence-corrected chi connectivity index (χ2v) is 5.80. The lowest BCUT2D eigenvalue weighted by molar-refractivity contribution is 0.571. The Labute approximate surface area is 88.3 Å². The van der Waals surface area contributed by atoms with Crippen LogP contribution < -0.4 is 0 Å². The van der Waals surface area contributed by atoms with Crippen molar-refractivity contribution in [3.63, 3.8) is 0 Å². The van der Waals surface area contributed by atoms with Crippen LogP contribution in [0, 0.1) is 0 Å². The van der Waals surface area contributed by atoms with Gasteiger partial charge in [0.1, 0.15) is 5.82 Å². The predicted molar refractivity (Wildman–Crippen MR) is 55.0 cm³/mol. The van der Waals surface area contributed by atoms with Crippen molar-refractivity contribution in [2.45, 2.75) is 38.3 Å². The highest BCUT2D eigenvalue weighted by molar-refractivity contribution is 8.13. The number of rotatable bonds is 3. The molecule has 0 radical (unpaired) electrons. The standard InChI is InChI=1S/C8H13ClN2O2S/c1-4-7-10-8(14(9,12)13)5-11(7)6(2)3/h5-6H,4H2,1-3H3. The van der Waals surface area contributed by atoms with E-state index in [1.54, 1.807) is 0 Å². The van der Waals surface area contributed by atoms with Gasteiger partial charge in [-0.15, -0.1) is 0 Å². The molecule has 14 heavy (non-hydrogen) atoms. The molecule has 80 valence electrons. The lowest BCUT2D eigenvalue weighted by atomic mass is 10.3. The minimum absolute atomic E-state index is 0.0651. The van der Waals surface area contributed by atoms with Crippen molar-refractivity contribution in [2.24, 2.45) is 0 Å². The van der Waals surface area contributed by atoms with Crippen molar-refractivity contribution in [2.75, 3.05) is 0 Å². The molecule has 0 aromatic carbocycles. The minimum Gasteiger partial charge on any atom is -0.331 e. The number of imidazole rings is 1. The van der Waals surface area contributed by atoms with Gasteiger partial charge in [-0.3, -0.25) is 0 Å². The molecule has 0 saturated heterocycles. The maximum absolute atomic E-state index is 11.0. The summed E-state index contributed by atoms with van der Waals surface area (Å²) in [6.07, 6.45) is 2.16. The van der Waals surface area contributed by atoms with E-state index in [2.05, 4.69) is 4.98 Å². The molecule has 1 aromatic heterocycles. The third-order valence-corrected chi connectivity index (χ3v) is 3.08. The molecule has 0 atom stereocenters. The molecule has 0 spiro atoms. The Kier molecular flexibility index (Phi) is 3.21. The van der Waals surface area contributed by atoms with Gasteiger partial charge in [0.05, 0.1) is 0 Å². The van der Waals surface area contributed by atoms with Crippen LogP contribution in [0.3, 0.4) is 0 Å². The van der Waals surface area contributed by atoms with Crippen LogP contribution in [0.4, 0.5) is 0 Å². The number of hydrogen-bond donors (Lipinski definition) is 0. The summed E-state index contributed by atoms with van der Waals surface area (Å²) in [7, 11) is 1.49. The molecule has 0 N–H and O–H groups in total. The Morgan fingerprint density at radius 1 is 1.57 bits per heavy atom. The van der Waals surface area contributed by atoms with E-state index in [4.69, 9.17) is 10.7 Å². The van der Waals surface area contributed by atoms with Gasteiger partial charge in [-0.05, 0) is 13.8 Å². The molecule has 0 unspecified atom stereocenters. The summed E-state index contributed by atoms with van der Waals surface area (Å²) in [5, 5.41) is -0.0651. The van der Waals surface area contributed by atoms with Crippen LogP contribution >= 0.6 is 10.7 Å². The van der Waals surface area contributed by atoms with Crippen molar-refractivity contribution in [1.29, 1.82) is 0 Å². The lowest BCUT2D eigenvalue weighted by Crippen LogP contribution is -2.03. The fourth-order valence-corrected chi connectivity index (χ4v) is 1.91. The summed E-state index contributed by atoms with van der Waals surface area (Å²) < 4.78 is 23.9. The van der Waals surface area contributed by atoms with E-state index in [0.717, 1.165) is 5.82 Å². The molecule has 1 aromatic rings. The quantitative estimate of drug-likeness (QED) is 0.754. The van der Waals surface area contributed by atoms with E-state index in [1.165, 1.54) is 6.20 Å². The van der Waals surface area contributed by atoms with Gasteiger partial charge in [0.15, 0.2) is 5.03 Å². The Bertz CT molecular complexity index is 423. The lowest BCUT2D eigenvalue weighted by Gasteiger charge is -2.08. The molecule has 0 fully saturated rings. The molecular formula is C8H13ClN2O2S. The van der Waals surface area contributed by atoms with Gasteiger partial charge >= 0.3 is 0 Å². The van der Waals surface area contributed by atoms with E-state index in [-0.39, 0.29) is 11.1 Å². The van der Waals surface area contributed by atoms with Gasteiger partial charge in [-0.25, -0.2) is 13.4 Å². The van der Waals surface area contributed by atoms with Crippen LogP contribution in [0.5, 0.6) is 0 Å². The average Bonchev–Trinajstić information content (AvgIpc) is 2.45. The first-order valence-electron chi connectivity index (χ1n) is 4.38. The summed E-state index contributed by atoms with van der Waals surface area (Å²) in [6, 6.07) is 0.185. The van der Waals surface area contributed by atoms with Gasteiger partial charge in [-0.2, -0.15) is 0 Å². The largest absolute Gasteiger partial charge is 0.331 e. The highest BCUT2D eigenvalue weighted by atomic mass is 35.7. The Hall–Kier alpha value is -0.550. The van der Waals surface area contributed by atoms with Gasteiger partial charge in [-0.1, -0.05) is 6.92 Å². The average molecular weight is 237 g/mol. The fourth-order valence-electron chi connectivity index (χ4n) is 1.23. The van der Waals surface area contributed by atoms with Crippen LogP contribution in [0.2, 0.25) is 0 Å². The van der Waals surface area contributed by atoms with Gasteiger partial charge in [0.25, 0.3) is 9.05 Å². The normalized spacial score (nSPS) is 12.4. The van der Waals surface area contributed by atoms with E-state index in [9.17, 15) is 8.42 Å². The Morgan fingerprint density at radius 2 is 2.14 bits per heavy atom. The highest BCUT2D eigenvalue weighted by Crippen LogP contribution is 2.18. The third kappa shape index (κ3) is 2.27. The highest BCUT2D eigenvalue weighted by Gasteiger charge is 2.17. The second-order valence-electron chi connectivity index (χ2n) is 3.29. The van der Waals surface area contributed by atoms with Gasteiger partial charge in [0, 0.05) is 29.3 Å². The number of aryl methyl sites for hydroxylation is 1. The predicted octanol–water partition coefficient (Wildman–Crippen LogP) is 1.95. The van der Waals surface area contributed by atoms with Crippen LogP contribution in [-0.4, -0.2) is 18.0 Å². The van der Waals surface area contributed by atoms with E-state index in [0.29, 0.717) is 6.42 Å². The first kappa shape index (κ1) is 11.5. The first-order valence-corrected chi connectivity index (χ1v) is 6.69. The van der Waals surface area contributed by atoms with Gasteiger partial charge < -0.3 is 4.57 Å². The van der Waals surface area contributed by atoms with E-state index < -0.39 is 9.05 Å². The van der Waals surface area contributed by atoms with Crippen LogP contribution in [-0.2, 0) is 15.5 Å². The van der Waals surface area contributed by atoms with Crippen LogP contribution in [0.15, 0.2) is 11.2 Å². The summed E-state index contributed by atoms with van der Waals surface area (Å²) in [5.41, 5.74) is 0. The van der Waals surface area contributed by atoms with Crippen molar-refractivity contribution < 1.29 is 8.42 Å². The summed E-state index contributed by atoms with van der Waals surface area (Å²) in [4.78, 5) is 3.96. The van der Waals surface area contributed by atoms with Crippen LogP contribution in [0.1, 0.15) is 32.6 Å². The van der Waals surface area contributed by atoms with Crippen molar-refractivity contribution >= 4 is 19.7 Å². The first-order chi connectivity index (χ1) is 6.36. The zero-order valence-corrected chi connectivity index (χ0v) is 9.93. The number of aromatic nitrogens is 2. The fraction of sp³-hybridized carbons (Fsp3) is 0.625. The summed E-state index contributed by atoms with van der Waals surface area (Å²) >= 11 is 0. The zero-order valence-electron chi connectivity index (χ0n) is 8.36. The van der Waals surface area contributed by atoms with Crippen LogP contribution in [0.25, 0.3) is 0 Å². The number of nitrogens with zero attached hydrogens (tertiary/aromatic N) is 2. The molecule has 1 rings (SSSR count). The summed E-state index contributed by atoms with van der Waals surface area (Å²) in [5.74, 6) is 0.735. The number of hydrogen-bond acceptors (Lipinski definition) is 3. The zero-order chi connectivity index (χ0) is 10.9. The Balaban J connectivity index is 3.27. The maximum atomic E-state index is 11.0. The molecule has 0 bridgehead atoms. The molecule has 0 aliphatic carbocycles. The van der Waals surface area contributed by atoms with Crippen molar-refractivity contribution in [3.8, 4) is 0 Å². The van der Waals surface area contributed by atoms with E-state index in [1.807, 2.05) is 25.3 Å². The summed E-state index contributed by atoms with van der Waals surface area (Å²) in [6.45, 7) is 5.85. The molecule has 6 heteroatoms. The topological polar surface area (TPSA) is 52.0 Å². The molecule has 0 aliphatic heterocycles. The van der Waals surface area contributed by atoms with Crippen molar-refractivity contribution in [1.82, 2.24) is 9.55 Å². The SMILES string of the molecule is CCc1nc(S(=O)(=O)Cl)cn1C(C)C. The minimum atomic E-state index is -3.71. The Morgan fingerprint density at radius 3 is 2.43 bits per heavy atom. The monoisotopic (exact) mass is 236 g/mol. The van der Waals surface area contributed by atoms with Crippen molar-refractivity contribution in [3.05, 3.63) is 12.0 Å². The molecule has 1 heterocycles. The molecule has 4 nitrogen and oxygen atoms in total. The molecule has 0 amide bonds. The maximum Gasteiger partial charge on any atom is 0.280 e. The smallest absolute Gasteiger partial charge is 0.280 e.